The van der Waals surface area contributed by atoms with Crippen LogP contribution in [0, 0.1) is 12.8 Å². The number of unbranched alkanes of at least 4 members (excludes halogenated alkanes) is 1. The number of rotatable bonds is 9. The van der Waals surface area contributed by atoms with Crippen molar-refractivity contribution in [2.75, 3.05) is 13.2 Å². The summed E-state index contributed by atoms with van der Waals surface area (Å²) >= 11 is 0. The Bertz CT molecular complexity index is 386. The third-order valence-corrected chi connectivity index (χ3v) is 3.52. The Morgan fingerprint density at radius 3 is 2.55 bits per heavy atom. The fraction of sp³-hybridized carbons (Fsp3) is 0.588. The molecule has 1 N–H and O–H groups in total. The maximum atomic E-state index is 11.7. The van der Waals surface area contributed by atoms with E-state index in [1.165, 1.54) is 24.8 Å². The summed E-state index contributed by atoms with van der Waals surface area (Å²) in [6.07, 6.45) is 4.74. The van der Waals surface area contributed by atoms with Gasteiger partial charge in [-0.05, 0) is 31.4 Å². The van der Waals surface area contributed by atoms with Crippen LogP contribution in [0.3, 0.4) is 0 Å². The van der Waals surface area contributed by atoms with Gasteiger partial charge >= 0.3 is 0 Å². The molecule has 3 nitrogen and oxygen atoms in total. The smallest absolute Gasteiger partial charge is 0.257 e. The largest absolute Gasteiger partial charge is 0.484 e. The number of carbonyl (C=O) groups is 1. The second-order valence-electron chi connectivity index (χ2n) is 5.32. The van der Waals surface area contributed by atoms with Crippen molar-refractivity contribution < 1.29 is 9.53 Å². The Kier molecular flexibility index (Phi) is 7.78. The van der Waals surface area contributed by atoms with Crippen molar-refractivity contribution in [2.24, 2.45) is 5.92 Å². The van der Waals surface area contributed by atoms with Crippen LogP contribution < -0.4 is 10.1 Å². The first-order valence-electron chi connectivity index (χ1n) is 7.61. The van der Waals surface area contributed by atoms with Gasteiger partial charge in [-0.1, -0.05) is 50.8 Å². The molecule has 1 rings (SSSR count). The van der Waals surface area contributed by atoms with Gasteiger partial charge in [0.25, 0.3) is 5.91 Å². The Morgan fingerprint density at radius 1 is 1.25 bits per heavy atom. The summed E-state index contributed by atoms with van der Waals surface area (Å²) in [5.74, 6) is 1.28. The van der Waals surface area contributed by atoms with Crippen molar-refractivity contribution in [1.29, 1.82) is 0 Å². The molecule has 20 heavy (non-hydrogen) atoms. The van der Waals surface area contributed by atoms with E-state index >= 15 is 0 Å². The highest BCUT2D eigenvalue weighted by Gasteiger charge is 2.08. The van der Waals surface area contributed by atoms with E-state index in [1.807, 2.05) is 31.2 Å². The zero-order valence-corrected chi connectivity index (χ0v) is 12.9. The SMILES string of the molecule is CCCC[C@H](CC)CNC(=O)COc1ccc(C)cc1. The molecule has 0 fully saturated rings. The van der Waals surface area contributed by atoms with Crippen LogP contribution in [0.4, 0.5) is 0 Å². The highest BCUT2D eigenvalue weighted by atomic mass is 16.5. The molecule has 0 spiro atoms. The van der Waals surface area contributed by atoms with E-state index in [9.17, 15) is 4.79 Å². The second-order valence-corrected chi connectivity index (χ2v) is 5.32. The number of ether oxygens (including phenoxy) is 1. The number of hydrogen-bond donors (Lipinski definition) is 1. The van der Waals surface area contributed by atoms with Crippen molar-refractivity contribution in [3.63, 3.8) is 0 Å². The van der Waals surface area contributed by atoms with Crippen LogP contribution in [0.15, 0.2) is 24.3 Å². The summed E-state index contributed by atoms with van der Waals surface area (Å²) in [5.41, 5.74) is 1.18. The quantitative estimate of drug-likeness (QED) is 0.747. The molecule has 0 aliphatic rings. The molecule has 112 valence electrons. The van der Waals surface area contributed by atoms with Gasteiger partial charge in [0.1, 0.15) is 5.75 Å². The Labute approximate surface area is 122 Å². The lowest BCUT2D eigenvalue weighted by Crippen LogP contribution is -2.33. The van der Waals surface area contributed by atoms with Crippen molar-refractivity contribution >= 4 is 5.91 Å². The first-order valence-corrected chi connectivity index (χ1v) is 7.61. The molecule has 1 aromatic rings. The Balaban J connectivity index is 2.24. The molecule has 0 aromatic heterocycles. The molecule has 0 saturated carbocycles. The van der Waals surface area contributed by atoms with E-state index < -0.39 is 0 Å². The highest BCUT2D eigenvalue weighted by Crippen LogP contribution is 2.12. The monoisotopic (exact) mass is 277 g/mol. The van der Waals surface area contributed by atoms with Gasteiger partial charge < -0.3 is 10.1 Å². The molecular weight excluding hydrogens is 250 g/mol. The third-order valence-electron chi connectivity index (χ3n) is 3.52. The molecule has 1 amide bonds. The molecule has 0 unspecified atom stereocenters. The summed E-state index contributed by atoms with van der Waals surface area (Å²) < 4.78 is 5.46. The zero-order valence-electron chi connectivity index (χ0n) is 12.9. The Hall–Kier alpha value is -1.51. The fourth-order valence-electron chi connectivity index (χ4n) is 2.04. The van der Waals surface area contributed by atoms with Crippen LogP contribution in [-0.2, 0) is 4.79 Å². The van der Waals surface area contributed by atoms with Crippen LogP contribution in [-0.4, -0.2) is 19.1 Å². The minimum absolute atomic E-state index is 0.0412. The molecule has 1 atom stereocenters. The number of amides is 1. The highest BCUT2D eigenvalue weighted by molar-refractivity contribution is 5.77. The van der Waals surface area contributed by atoms with Gasteiger partial charge in [0.2, 0.25) is 0 Å². The average molecular weight is 277 g/mol. The van der Waals surface area contributed by atoms with Gasteiger partial charge in [0, 0.05) is 6.54 Å². The fourth-order valence-corrected chi connectivity index (χ4v) is 2.04. The molecule has 1 aromatic carbocycles. The molecule has 0 aliphatic heterocycles. The van der Waals surface area contributed by atoms with Crippen LogP contribution in [0.5, 0.6) is 5.75 Å². The number of nitrogens with one attached hydrogen (secondary N) is 1. The standard InChI is InChI=1S/C17H27NO2/c1-4-6-7-15(5-2)12-18-17(19)13-20-16-10-8-14(3)9-11-16/h8-11,15H,4-7,12-13H2,1-3H3,(H,18,19)/t15-/m0/s1. The Morgan fingerprint density at radius 2 is 1.95 bits per heavy atom. The van der Waals surface area contributed by atoms with Crippen LogP contribution >= 0.6 is 0 Å². The zero-order chi connectivity index (χ0) is 14.8. The lowest BCUT2D eigenvalue weighted by Gasteiger charge is -2.15. The van der Waals surface area contributed by atoms with Crippen molar-refractivity contribution in [3.05, 3.63) is 29.8 Å². The summed E-state index contributed by atoms with van der Waals surface area (Å²) in [6, 6.07) is 7.73. The van der Waals surface area contributed by atoms with Crippen molar-refractivity contribution in [1.82, 2.24) is 5.32 Å². The molecule has 0 heterocycles. The average Bonchev–Trinajstić information content (AvgIpc) is 2.47. The van der Waals surface area contributed by atoms with E-state index in [0.29, 0.717) is 5.92 Å². The van der Waals surface area contributed by atoms with Gasteiger partial charge in [-0.25, -0.2) is 0 Å². The molecule has 0 radical (unpaired) electrons. The molecular formula is C17H27NO2. The minimum Gasteiger partial charge on any atom is -0.484 e. The van der Waals surface area contributed by atoms with Crippen LogP contribution in [0.25, 0.3) is 0 Å². The van der Waals surface area contributed by atoms with Gasteiger partial charge in [-0.3, -0.25) is 4.79 Å². The summed E-state index contributed by atoms with van der Waals surface area (Å²) in [6.45, 7) is 7.24. The van der Waals surface area contributed by atoms with E-state index in [1.54, 1.807) is 0 Å². The van der Waals surface area contributed by atoms with Crippen molar-refractivity contribution in [3.8, 4) is 5.75 Å². The van der Waals surface area contributed by atoms with E-state index in [2.05, 4.69) is 19.2 Å². The van der Waals surface area contributed by atoms with Gasteiger partial charge in [0.05, 0.1) is 0 Å². The number of hydrogen-bond acceptors (Lipinski definition) is 2. The van der Waals surface area contributed by atoms with E-state index in [-0.39, 0.29) is 12.5 Å². The first kappa shape index (κ1) is 16.5. The normalized spacial score (nSPS) is 11.9. The number of aryl methyl sites for hydroxylation is 1. The summed E-state index contributed by atoms with van der Waals surface area (Å²) in [7, 11) is 0. The van der Waals surface area contributed by atoms with Crippen LogP contribution in [0.1, 0.15) is 45.1 Å². The van der Waals surface area contributed by atoms with E-state index in [0.717, 1.165) is 18.7 Å². The van der Waals surface area contributed by atoms with Crippen LogP contribution in [0.2, 0.25) is 0 Å². The number of carbonyl (C=O) groups excluding carboxylic acids is 1. The van der Waals surface area contributed by atoms with Gasteiger partial charge in [-0.15, -0.1) is 0 Å². The van der Waals surface area contributed by atoms with Gasteiger partial charge in [-0.2, -0.15) is 0 Å². The van der Waals surface area contributed by atoms with Crippen molar-refractivity contribution in [2.45, 2.75) is 46.5 Å². The van der Waals surface area contributed by atoms with E-state index in [4.69, 9.17) is 4.74 Å². The van der Waals surface area contributed by atoms with Gasteiger partial charge in [0.15, 0.2) is 6.61 Å². The minimum atomic E-state index is -0.0412. The molecule has 0 saturated heterocycles. The molecule has 0 aliphatic carbocycles. The maximum Gasteiger partial charge on any atom is 0.257 e. The lowest BCUT2D eigenvalue weighted by molar-refractivity contribution is -0.123. The topological polar surface area (TPSA) is 38.3 Å². The molecule has 3 heteroatoms. The molecule has 0 bridgehead atoms. The first-order chi connectivity index (χ1) is 9.65. The maximum absolute atomic E-state index is 11.7. The lowest BCUT2D eigenvalue weighted by atomic mass is 9.99. The summed E-state index contributed by atoms with van der Waals surface area (Å²) in [4.78, 5) is 11.7. The number of benzene rings is 1. The predicted octanol–water partition coefficient (Wildman–Crippen LogP) is 3.71. The third kappa shape index (κ3) is 6.60. The predicted molar refractivity (Wildman–Crippen MR) is 83.0 cm³/mol. The second kappa shape index (κ2) is 9.40. The summed E-state index contributed by atoms with van der Waals surface area (Å²) in [5, 5.41) is 2.96.